The zero-order chi connectivity index (χ0) is 16.5. The molecule has 24 heavy (non-hydrogen) atoms. The van der Waals surface area contributed by atoms with Gasteiger partial charge in [0, 0.05) is 42.0 Å². The molecular formula is C14H27ClN4O2S3. The van der Waals surface area contributed by atoms with Crippen molar-refractivity contribution in [2.24, 2.45) is 5.73 Å². The van der Waals surface area contributed by atoms with Crippen LogP contribution in [0.1, 0.15) is 25.7 Å². The van der Waals surface area contributed by atoms with Crippen LogP contribution in [0.2, 0.25) is 0 Å². The minimum Gasteiger partial charge on any atom is -0.355 e. The molecule has 0 saturated carbocycles. The Hall–Kier alpha value is 0.0400. The van der Waals surface area contributed by atoms with Gasteiger partial charge in [-0.2, -0.15) is 11.8 Å². The summed E-state index contributed by atoms with van der Waals surface area (Å²) in [7, 11) is 3.50. The number of halogens is 1. The summed E-state index contributed by atoms with van der Waals surface area (Å²) < 4.78 is 0. The number of fused-ring (bicyclic) bond motifs is 1. The lowest BCUT2D eigenvalue weighted by Crippen LogP contribution is -2.36. The van der Waals surface area contributed by atoms with E-state index in [1.54, 1.807) is 21.6 Å². The van der Waals surface area contributed by atoms with E-state index in [-0.39, 0.29) is 36.4 Å². The van der Waals surface area contributed by atoms with E-state index in [0.717, 1.165) is 43.1 Å². The third-order valence-electron chi connectivity index (χ3n) is 3.87. The summed E-state index contributed by atoms with van der Waals surface area (Å²) in [6.45, 7) is 1.42. The number of unbranched alkanes of at least 4 members (excludes halogenated alkanes) is 1. The molecule has 6 nitrogen and oxygen atoms in total. The zero-order valence-electron chi connectivity index (χ0n) is 13.6. The summed E-state index contributed by atoms with van der Waals surface area (Å²) in [5.41, 5.74) is 5.41. The number of urea groups is 1. The molecular weight excluding hydrogens is 388 g/mol. The Morgan fingerprint density at radius 2 is 2.08 bits per heavy atom. The van der Waals surface area contributed by atoms with Crippen molar-refractivity contribution >= 4 is 57.7 Å². The summed E-state index contributed by atoms with van der Waals surface area (Å²) in [6.07, 6.45) is 3.60. The van der Waals surface area contributed by atoms with Gasteiger partial charge in [-0.25, -0.2) is 4.79 Å². The first-order valence-corrected chi connectivity index (χ1v) is 11.6. The summed E-state index contributed by atoms with van der Waals surface area (Å²) in [5, 5.41) is 9.39. The summed E-state index contributed by atoms with van der Waals surface area (Å²) in [4.78, 5) is 23.0. The van der Waals surface area contributed by atoms with E-state index < -0.39 is 0 Å². The molecule has 0 bridgehead atoms. The molecule has 2 aliphatic heterocycles. The smallest absolute Gasteiger partial charge is 0.315 e. The van der Waals surface area contributed by atoms with Gasteiger partial charge in [-0.3, -0.25) is 4.79 Å². The average molecular weight is 415 g/mol. The Balaban J connectivity index is 0.00000288. The van der Waals surface area contributed by atoms with Crippen LogP contribution in [0.3, 0.4) is 0 Å². The highest BCUT2D eigenvalue weighted by atomic mass is 35.5. The highest BCUT2D eigenvalue weighted by Crippen LogP contribution is 2.33. The van der Waals surface area contributed by atoms with Crippen LogP contribution < -0.4 is 21.7 Å². The van der Waals surface area contributed by atoms with E-state index >= 15 is 0 Å². The molecule has 0 spiro atoms. The van der Waals surface area contributed by atoms with Gasteiger partial charge in [-0.15, -0.1) is 12.4 Å². The summed E-state index contributed by atoms with van der Waals surface area (Å²) in [5.74, 6) is 3.01. The number of nitrogens with two attached hydrogens (primary N) is 1. The fourth-order valence-corrected chi connectivity index (χ4v) is 6.07. The minimum atomic E-state index is -0.0350. The molecule has 2 saturated heterocycles. The quantitative estimate of drug-likeness (QED) is 0.233. The largest absolute Gasteiger partial charge is 0.355 e. The van der Waals surface area contributed by atoms with Crippen molar-refractivity contribution in [1.82, 2.24) is 16.0 Å². The highest BCUT2D eigenvalue weighted by Gasteiger charge is 2.42. The molecule has 0 aromatic carbocycles. The van der Waals surface area contributed by atoms with E-state index in [2.05, 4.69) is 16.0 Å². The van der Waals surface area contributed by atoms with Crippen LogP contribution in [0.4, 0.5) is 4.79 Å². The standard InChI is InChI=1S/C14H26N4O2S3.ClH/c15-5-7-22-23-8-6-16-12(19)4-2-1-3-11-13-10(9-21-11)17-14(20)18-13;/h10-11,13H,1-9,15H2,(H,16,19)(H2,17,18,20);1H/t10-,11?,13-;/m0./s1. The van der Waals surface area contributed by atoms with Crippen LogP contribution in [0.15, 0.2) is 0 Å². The molecule has 0 aromatic rings. The predicted molar refractivity (Wildman–Crippen MR) is 108 cm³/mol. The predicted octanol–water partition coefficient (Wildman–Crippen LogP) is 1.59. The Kier molecular flexibility index (Phi) is 11.4. The number of thioether (sulfide) groups is 1. The van der Waals surface area contributed by atoms with Crippen LogP contribution in [0, 0.1) is 0 Å². The molecule has 0 radical (unpaired) electrons. The first kappa shape index (κ1) is 22.1. The second kappa shape index (κ2) is 12.4. The highest BCUT2D eigenvalue weighted by molar-refractivity contribution is 8.76. The molecule has 0 aliphatic carbocycles. The van der Waals surface area contributed by atoms with Crippen molar-refractivity contribution in [3.63, 3.8) is 0 Å². The number of hydrogen-bond acceptors (Lipinski definition) is 6. The molecule has 3 amide bonds. The van der Waals surface area contributed by atoms with E-state index in [0.29, 0.717) is 18.2 Å². The van der Waals surface area contributed by atoms with Crippen LogP contribution in [-0.2, 0) is 4.79 Å². The van der Waals surface area contributed by atoms with Gasteiger partial charge in [0.1, 0.15) is 0 Å². The van der Waals surface area contributed by atoms with Gasteiger partial charge in [0.25, 0.3) is 0 Å². The maximum Gasteiger partial charge on any atom is 0.315 e. The van der Waals surface area contributed by atoms with Crippen molar-refractivity contribution in [2.75, 3.05) is 30.3 Å². The molecule has 140 valence electrons. The van der Waals surface area contributed by atoms with Gasteiger partial charge >= 0.3 is 6.03 Å². The average Bonchev–Trinajstić information content (AvgIpc) is 3.07. The van der Waals surface area contributed by atoms with E-state index in [4.69, 9.17) is 5.73 Å². The Morgan fingerprint density at radius 1 is 1.29 bits per heavy atom. The fourth-order valence-electron chi connectivity index (χ4n) is 2.76. The van der Waals surface area contributed by atoms with Gasteiger partial charge in [0.2, 0.25) is 5.91 Å². The van der Waals surface area contributed by atoms with Gasteiger partial charge in [-0.05, 0) is 12.8 Å². The van der Waals surface area contributed by atoms with Crippen molar-refractivity contribution in [2.45, 2.75) is 43.0 Å². The Bertz CT molecular complexity index is 406. The summed E-state index contributed by atoms with van der Waals surface area (Å²) >= 11 is 1.93. The number of nitrogens with one attached hydrogen (secondary N) is 3. The molecule has 2 rings (SSSR count). The number of carbonyl (C=O) groups is 2. The number of carbonyl (C=O) groups excluding carboxylic acids is 2. The van der Waals surface area contributed by atoms with Crippen molar-refractivity contribution < 1.29 is 9.59 Å². The first-order chi connectivity index (χ1) is 11.2. The molecule has 1 unspecified atom stereocenters. The molecule has 5 N–H and O–H groups in total. The summed E-state index contributed by atoms with van der Waals surface area (Å²) in [6, 6.07) is 0.520. The van der Waals surface area contributed by atoms with Crippen molar-refractivity contribution in [1.29, 1.82) is 0 Å². The van der Waals surface area contributed by atoms with Gasteiger partial charge in [0.15, 0.2) is 0 Å². The number of hydrogen-bond donors (Lipinski definition) is 4. The number of amides is 3. The van der Waals surface area contributed by atoms with Gasteiger partial charge in [0.05, 0.1) is 12.1 Å². The van der Waals surface area contributed by atoms with Gasteiger partial charge in [-0.1, -0.05) is 28.0 Å². The lowest BCUT2D eigenvalue weighted by molar-refractivity contribution is -0.121. The third kappa shape index (κ3) is 7.51. The second-order valence-electron chi connectivity index (χ2n) is 5.65. The monoisotopic (exact) mass is 414 g/mol. The SMILES string of the molecule is Cl.NCCSSCCNC(=O)CCCCC1SC[C@@H]2NC(=O)N[C@H]12. The Morgan fingerprint density at radius 3 is 2.88 bits per heavy atom. The zero-order valence-corrected chi connectivity index (χ0v) is 16.9. The van der Waals surface area contributed by atoms with Crippen molar-refractivity contribution in [3.8, 4) is 0 Å². The maximum atomic E-state index is 11.7. The van der Waals surface area contributed by atoms with Crippen LogP contribution in [-0.4, -0.2) is 59.6 Å². The lowest BCUT2D eigenvalue weighted by atomic mass is 10.0. The maximum absolute atomic E-state index is 11.7. The van der Waals surface area contributed by atoms with Crippen LogP contribution in [0.5, 0.6) is 0 Å². The molecule has 2 aliphatic rings. The topological polar surface area (TPSA) is 96.2 Å². The van der Waals surface area contributed by atoms with E-state index in [1.807, 2.05) is 11.8 Å². The third-order valence-corrected chi connectivity index (χ3v) is 7.82. The molecule has 0 aromatic heterocycles. The number of rotatable bonds is 11. The normalized spacial score (nSPS) is 24.7. The Labute approximate surface area is 162 Å². The molecule has 3 atom stereocenters. The van der Waals surface area contributed by atoms with E-state index in [1.165, 1.54) is 0 Å². The molecule has 10 heteroatoms. The van der Waals surface area contributed by atoms with Crippen LogP contribution in [0.25, 0.3) is 0 Å². The first-order valence-electron chi connectivity index (χ1n) is 8.10. The second-order valence-corrected chi connectivity index (χ2v) is 9.62. The fraction of sp³-hybridized carbons (Fsp3) is 0.857. The van der Waals surface area contributed by atoms with Crippen molar-refractivity contribution in [3.05, 3.63) is 0 Å². The minimum absolute atomic E-state index is 0. The van der Waals surface area contributed by atoms with E-state index in [9.17, 15) is 9.59 Å². The van der Waals surface area contributed by atoms with Gasteiger partial charge < -0.3 is 21.7 Å². The lowest BCUT2D eigenvalue weighted by Gasteiger charge is -2.16. The van der Waals surface area contributed by atoms with Crippen LogP contribution >= 0.6 is 45.8 Å². The molecule has 2 heterocycles. The molecule has 2 fully saturated rings.